The normalized spacial score (nSPS) is 22.1. The Hall–Kier alpha value is -2.53. The molecule has 0 spiro atoms. The van der Waals surface area contributed by atoms with E-state index in [1.165, 1.54) is 6.07 Å². The number of carbonyl (C=O) groups is 1. The number of nitrogens with zero attached hydrogens (tertiary/aromatic N) is 1. The molecule has 1 N–H and O–H groups in total. The molecule has 1 aliphatic carbocycles. The molecule has 5 heteroatoms. The standard InChI is InChI=1S/C23H29NO4/c1-24(2)16-18-9-6-7-14-23(18,17-10-8-11-19(15-17)27-3)28-22(26)20-12-4-5-13-21(20)25/h4-5,8,10-13,15,18,25H,6-7,9,14,16H2,1-3H3/t18-,23+/m1/s1. The Bertz CT molecular complexity index is 820. The van der Waals surface area contributed by atoms with Crippen LogP contribution in [0.15, 0.2) is 48.5 Å². The topological polar surface area (TPSA) is 59.0 Å². The van der Waals surface area contributed by atoms with Gasteiger partial charge < -0.3 is 19.5 Å². The van der Waals surface area contributed by atoms with Gasteiger partial charge in [-0.2, -0.15) is 0 Å². The van der Waals surface area contributed by atoms with Gasteiger partial charge >= 0.3 is 5.97 Å². The zero-order valence-corrected chi connectivity index (χ0v) is 16.9. The number of hydrogen-bond acceptors (Lipinski definition) is 5. The molecular weight excluding hydrogens is 354 g/mol. The van der Waals surface area contributed by atoms with Crippen LogP contribution in [-0.2, 0) is 10.3 Å². The van der Waals surface area contributed by atoms with Gasteiger partial charge in [-0.05, 0) is 63.2 Å². The first-order valence-corrected chi connectivity index (χ1v) is 9.77. The maximum absolute atomic E-state index is 13.1. The molecule has 5 nitrogen and oxygen atoms in total. The smallest absolute Gasteiger partial charge is 0.342 e. The van der Waals surface area contributed by atoms with Crippen molar-refractivity contribution in [3.8, 4) is 11.5 Å². The highest BCUT2D eigenvalue weighted by Crippen LogP contribution is 2.46. The van der Waals surface area contributed by atoms with Gasteiger partial charge in [0.2, 0.25) is 0 Å². The van der Waals surface area contributed by atoms with E-state index >= 15 is 0 Å². The second kappa shape index (κ2) is 8.65. The minimum Gasteiger partial charge on any atom is -0.507 e. The summed E-state index contributed by atoms with van der Waals surface area (Å²) in [5.74, 6) is 0.336. The Balaban J connectivity index is 2.05. The molecule has 0 aliphatic heterocycles. The van der Waals surface area contributed by atoms with E-state index in [9.17, 15) is 9.90 Å². The molecule has 0 heterocycles. The Labute approximate surface area is 166 Å². The predicted octanol–water partition coefficient (Wildman–Crippen LogP) is 4.20. The molecule has 0 bridgehead atoms. The number of aromatic hydroxyl groups is 1. The van der Waals surface area contributed by atoms with Gasteiger partial charge in [0.05, 0.1) is 7.11 Å². The van der Waals surface area contributed by atoms with Crippen molar-refractivity contribution in [2.24, 2.45) is 5.92 Å². The first kappa shape index (κ1) is 20.2. The third-order valence-electron chi connectivity index (χ3n) is 5.55. The van der Waals surface area contributed by atoms with Crippen LogP contribution < -0.4 is 4.74 Å². The van der Waals surface area contributed by atoms with Gasteiger partial charge in [-0.3, -0.25) is 0 Å². The maximum atomic E-state index is 13.1. The average molecular weight is 383 g/mol. The minimum atomic E-state index is -0.754. The fourth-order valence-electron chi connectivity index (χ4n) is 4.22. The quantitative estimate of drug-likeness (QED) is 0.758. The summed E-state index contributed by atoms with van der Waals surface area (Å²) >= 11 is 0. The number of methoxy groups -OCH3 is 1. The Kier molecular flexibility index (Phi) is 6.25. The summed E-state index contributed by atoms with van der Waals surface area (Å²) in [5.41, 5.74) is 0.386. The third kappa shape index (κ3) is 4.14. The van der Waals surface area contributed by atoms with Gasteiger partial charge in [0, 0.05) is 12.5 Å². The lowest BCUT2D eigenvalue weighted by molar-refractivity contribution is -0.0827. The first-order chi connectivity index (χ1) is 13.5. The number of phenols is 1. The summed E-state index contributed by atoms with van der Waals surface area (Å²) in [6.07, 6.45) is 3.81. The molecule has 1 saturated carbocycles. The van der Waals surface area contributed by atoms with Gasteiger partial charge in [0.15, 0.2) is 0 Å². The number of benzene rings is 2. The van der Waals surface area contributed by atoms with Gasteiger partial charge in [0.1, 0.15) is 22.7 Å². The molecule has 28 heavy (non-hydrogen) atoms. The van der Waals surface area contributed by atoms with Crippen molar-refractivity contribution in [3.05, 3.63) is 59.7 Å². The molecule has 2 aromatic carbocycles. The molecular formula is C23H29NO4. The van der Waals surface area contributed by atoms with E-state index in [2.05, 4.69) is 4.90 Å². The van der Waals surface area contributed by atoms with E-state index in [0.29, 0.717) is 0 Å². The van der Waals surface area contributed by atoms with Gasteiger partial charge in [-0.1, -0.05) is 30.7 Å². The number of para-hydroxylation sites is 1. The Morgan fingerprint density at radius 3 is 2.68 bits per heavy atom. The highest BCUT2D eigenvalue weighted by molar-refractivity contribution is 5.92. The highest BCUT2D eigenvalue weighted by Gasteiger charge is 2.46. The summed E-state index contributed by atoms with van der Waals surface area (Å²) in [7, 11) is 5.71. The fraction of sp³-hybridized carbons (Fsp3) is 0.435. The highest BCUT2D eigenvalue weighted by atomic mass is 16.6. The minimum absolute atomic E-state index is 0.0618. The second-order valence-corrected chi connectivity index (χ2v) is 7.73. The molecule has 2 atom stereocenters. The lowest BCUT2D eigenvalue weighted by Gasteiger charge is -2.45. The summed E-state index contributed by atoms with van der Waals surface area (Å²) < 4.78 is 11.7. The SMILES string of the molecule is COc1cccc([C@@]2(OC(=O)c3ccccc3O)CCCC[C@@H]2CN(C)C)c1. The largest absolute Gasteiger partial charge is 0.507 e. The monoisotopic (exact) mass is 383 g/mol. The number of phenolic OH excluding ortho intramolecular Hbond substituents is 1. The van der Waals surface area contributed by atoms with Crippen molar-refractivity contribution in [3.63, 3.8) is 0 Å². The number of ether oxygens (including phenoxy) is 2. The van der Waals surface area contributed by atoms with Crippen molar-refractivity contribution < 1.29 is 19.4 Å². The van der Waals surface area contributed by atoms with Crippen molar-refractivity contribution in [2.45, 2.75) is 31.3 Å². The van der Waals surface area contributed by atoms with E-state index in [4.69, 9.17) is 9.47 Å². The fourth-order valence-corrected chi connectivity index (χ4v) is 4.22. The molecule has 0 radical (unpaired) electrons. The lowest BCUT2D eigenvalue weighted by atomic mass is 9.71. The number of carbonyl (C=O) groups excluding carboxylic acids is 1. The van der Waals surface area contributed by atoms with E-state index in [1.807, 2.05) is 38.4 Å². The van der Waals surface area contributed by atoms with Crippen molar-refractivity contribution in [1.82, 2.24) is 4.90 Å². The Morgan fingerprint density at radius 2 is 1.96 bits per heavy atom. The van der Waals surface area contributed by atoms with Crippen LogP contribution in [0.3, 0.4) is 0 Å². The maximum Gasteiger partial charge on any atom is 0.342 e. The van der Waals surface area contributed by atoms with Crippen molar-refractivity contribution in [1.29, 1.82) is 0 Å². The zero-order chi connectivity index (χ0) is 20.1. The molecule has 150 valence electrons. The second-order valence-electron chi connectivity index (χ2n) is 7.73. The Morgan fingerprint density at radius 1 is 1.18 bits per heavy atom. The van der Waals surface area contributed by atoms with E-state index < -0.39 is 11.6 Å². The number of hydrogen-bond donors (Lipinski definition) is 1. The molecule has 0 saturated heterocycles. The van der Waals surface area contributed by atoms with Gasteiger partial charge in [-0.15, -0.1) is 0 Å². The number of rotatable bonds is 6. The molecule has 3 rings (SSSR count). The van der Waals surface area contributed by atoms with Crippen LogP contribution in [-0.4, -0.2) is 43.7 Å². The zero-order valence-electron chi connectivity index (χ0n) is 16.9. The lowest BCUT2D eigenvalue weighted by Crippen LogP contribution is -2.46. The van der Waals surface area contributed by atoms with Gasteiger partial charge in [-0.25, -0.2) is 4.79 Å². The van der Waals surface area contributed by atoms with Crippen molar-refractivity contribution in [2.75, 3.05) is 27.7 Å². The first-order valence-electron chi connectivity index (χ1n) is 9.77. The van der Waals surface area contributed by atoms with Crippen LogP contribution in [0.5, 0.6) is 11.5 Å². The van der Waals surface area contributed by atoms with E-state index in [-0.39, 0.29) is 17.2 Å². The summed E-state index contributed by atoms with van der Waals surface area (Å²) in [6, 6.07) is 14.3. The third-order valence-corrected chi connectivity index (χ3v) is 5.55. The summed E-state index contributed by atoms with van der Waals surface area (Å²) in [5, 5.41) is 10.1. The molecule has 0 amide bonds. The van der Waals surface area contributed by atoms with Gasteiger partial charge in [0.25, 0.3) is 0 Å². The molecule has 2 aromatic rings. The molecule has 0 aromatic heterocycles. The van der Waals surface area contributed by atoms with Crippen LogP contribution in [0, 0.1) is 5.92 Å². The predicted molar refractivity (Wildman–Crippen MR) is 109 cm³/mol. The molecule has 1 aliphatic rings. The van der Waals surface area contributed by atoms with Crippen LogP contribution in [0.2, 0.25) is 0 Å². The van der Waals surface area contributed by atoms with Crippen molar-refractivity contribution >= 4 is 5.97 Å². The van der Waals surface area contributed by atoms with Crippen LogP contribution in [0.4, 0.5) is 0 Å². The van der Waals surface area contributed by atoms with Crippen LogP contribution in [0.25, 0.3) is 0 Å². The molecule has 0 unspecified atom stereocenters. The van der Waals surface area contributed by atoms with E-state index in [0.717, 1.165) is 43.5 Å². The number of esters is 1. The summed E-state index contributed by atoms with van der Waals surface area (Å²) in [6.45, 7) is 0.811. The van der Waals surface area contributed by atoms with Crippen LogP contribution >= 0.6 is 0 Å². The summed E-state index contributed by atoms with van der Waals surface area (Å²) in [4.78, 5) is 15.2. The van der Waals surface area contributed by atoms with E-state index in [1.54, 1.807) is 25.3 Å². The average Bonchev–Trinajstić information content (AvgIpc) is 2.69. The molecule has 1 fully saturated rings. The van der Waals surface area contributed by atoms with Crippen LogP contribution in [0.1, 0.15) is 41.6 Å².